The quantitative estimate of drug-likeness (QED) is 0.625. The Morgan fingerprint density at radius 2 is 1.73 bits per heavy atom. The molecule has 4 fully saturated rings. The first-order chi connectivity index (χ1) is 7.37. The van der Waals surface area contributed by atoms with Crippen LogP contribution in [0.1, 0.15) is 64.2 Å². The molecule has 1 spiro atoms. The molecule has 0 aromatic carbocycles. The minimum atomic E-state index is 0.875. The summed E-state index contributed by atoms with van der Waals surface area (Å²) in [5, 5.41) is 0. The van der Waals surface area contributed by atoms with E-state index in [9.17, 15) is 0 Å². The topological polar surface area (TPSA) is 0 Å². The van der Waals surface area contributed by atoms with Crippen LogP contribution in [0, 0.1) is 29.1 Å². The van der Waals surface area contributed by atoms with Gasteiger partial charge in [0, 0.05) is 0 Å². The third-order valence-electron chi connectivity index (χ3n) is 6.47. The Kier molecular flexibility index (Phi) is 1.83. The summed E-state index contributed by atoms with van der Waals surface area (Å²) in [6, 6.07) is 0. The van der Waals surface area contributed by atoms with Crippen LogP contribution in [0.4, 0.5) is 0 Å². The van der Waals surface area contributed by atoms with E-state index >= 15 is 0 Å². The Morgan fingerprint density at radius 1 is 0.933 bits per heavy atom. The van der Waals surface area contributed by atoms with Crippen molar-refractivity contribution in [1.82, 2.24) is 0 Å². The second-order valence-corrected chi connectivity index (χ2v) is 7.05. The molecule has 0 saturated heterocycles. The van der Waals surface area contributed by atoms with Gasteiger partial charge in [0.05, 0.1) is 0 Å². The van der Waals surface area contributed by atoms with Gasteiger partial charge >= 0.3 is 0 Å². The van der Waals surface area contributed by atoms with Crippen LogP contribution in [0.2, 0.25) is 0 Å². The van der Waals surface area contributed by atoms with Crippen LogP contribution in [-0.2, 0) is 0 Å². The number of rotatable bonds is 2. The summed E-state index contributed by atoms with van der Waals surface area (Å²) in [6.07, 6.45) is 15.9. The van der Waals surface area contributed by atoms with Crippen molar-refractivity contribution >= 4 is 0 Å². The van der Waals surface area contributed by atoms with E-state index in [4.69, 9.17) is 0 Å². The molecule has 4 aliphatic rings. The van der Waals surface area contributed by atoms with E-state index in [0.29, 0.717) is 0 Å². The zero-order chi connectivity index (χ0) is 9.88. The minimum absolute atomic E-state index is 0.875. The SMILES string of the molecule is C1CCC2(C1)CCCC2CC1CC2CC21. The predicted molar refractivity (Wildman–Crippen MR) is 62.6 cm³/mol. The Balaban J connectivity index is 1.45. The zero-order valence-corrected chi connectivity index (χ0v) is 9.88. The molecule has 0 radical (unpaired) electrons. The number of hydrogen-bond donors (Lipinski definition) is 0. The van der Waals surface area contributed by atoms with Crippen LogP contribution < -0.4 is 0 Å². The lowest BCUT2D eigenvalue weighted by Gasteiger charge is -2.36. The summed E-state index contributed by atoms with van der Waals surface area (Å²) < 4.78 is 0. The van der Waals surface area contributed by atoms with E-state index in [-0.39, 0.29) is 0 Å². The second kappa shape index (κ2) is 3.02. The highest BCUT2D eigenvalue weighted by atomic mass is 14.6. The lowest BCUT2D eigenvalue weighted by atomic mass is 9.69. The van der Waals surface area contributed by atoms with Gasteiger partial charge < -0.3 is 0 Å². The van der Waals surface area contributed by atoms with Crippen molar-refractivity contribution in [2.24, 2.45) is 29.1 Å². The molecular weight excluding hydrogens is 180 g/mol. The van der Waals surface area contributed by atoms with Crippen LogP contribution in [0.15, 0.2) is 0 Å². The van der Waals surface area contributed by atoms with Crippen molar-refractivity contribution in [3.8, 4) is 0 Å². The third kappa shape index (κ3) is 1.26. The predicted octanol–water partition coefficient (Wildman–Crippen LogP) is 4.39. The number of hydrogen-bond acceptors (Lipinski definition) is 0. The first-order valence-corrected chi connectivity index (χ1v) is 7.37. The Labute approximate surface area is 93.8 Å². The van der Waals surface area contributed by atoms with Crippen molar-refractivity contribution in [2.45, 2.75) is 64.2 Å². The molecule has 0 aromatic heterocycles. The average Bonchev–Trinajstić information content (AvgIpc) is 2.68. The molecule has 0 amide bonds. The van der Waals surface area contributed by atoms with E-state index < -0.39 is 0 Å². The Bertz CT molecular complexity index is 256. The summed E-state index contributed by atoms with van der Waals surface area (Å²) in [4.78, 5) is 0. The van der Waals surface area contributed by atoms with E-state index in [1.165, 1.54) is 17.8 Å². The maximum absolute atomic E-state index is 1.64. The smallest absolute Gasteiger partial charge is 0.0269 e. The van der Waals surface area contributed by atoms with Crippen molar-refractivity contribution in [1.29, 1.82) is 0 Å². The molecule has 0 heteroatoms. The molecule has 4 rings (SSSR count). The van der Waals surface area contributed by atoms with Gasteiger partial charge in [-0.25, -0.2) is 0 Å². The van der Waals surface area contributed by atoms with Gasteiger partial charge in [-0.05, 0) is 74.0 Å². The summed E-state index contributed by atoms with van der Waals surface area (Å²) in [6.45, 7) is 0. The zero-order valence-electron chi connectivity index (χ0n) is 9.88. The molecule has 4 aliphatic carbocycles. The maximum atomic E-state index is 1.64. The summed E-state index contributed by atoms with van der Waals surface area (Å²) in [5.41, 5.74) is 0.875. The van der Waals surface area contributed by atoms with Gasteiger partial charge in [0.2, 0.25) is 0 Å². The van der Waals surface area contributed by atoms with Crippen molar-refractivity contribution < 1.29 is 0 Å². The fourth-order valence-electron chi connectivity index (χ4n) is 5.44. The molecule has 84 valence electrons. The second-order valence-electron chi connectivity index (χ2n) is 7.05. The van der Waals surface area contributed by atoms with E-state index in [1.54, 1.807) is 64.2 Å². The molecular formula is C15H24. The lowest BCUT2D eigenvalue weighted by molar-refractivity contribution is 0.136. The molecule has 15 heavy (non-hydrogen) atoms. The highest BCUT2D eigenvalue weighted by molar-refractivity contribution is 5.05. The van der Waals surface area contributed by atoms with E-state index in [0.717, 1.165) is 11.3 Å². The van der Waals surface area contributed by atoms with Gasteiger partial charge in [0.25, 0.3) is 0 Å². The van der Waals surface area contributed by atoms with Gasteiger partial charge in [-0.15, -0.1) is 0 Å². The summed E-state index contributed by atoms with van der Waals surface area (Å²) in [5.74, 6) is 4.79. The van der Waals surface area contributed by atoms with Gasteiger partial charge in [0.1, 0.15) is 0 Å². The largest absolute Gasteiger partial charge is 0.0527 e. The molecule has 0 aromatic rings. The summed E-state index contributed by atoms with van der Waals surface area (Å²) in [7, 11) is 0. The van der Waals surface area contributed by atoms with Gasteiger partial charge in [-0.1, -0.05) is 19.3 Å². The average molecular weight is 204 g/mol. The first kappa shape index (κ1) is 9.07. The molecule has 0 N–H and O–H groups in total. The molecule has 0 nitrogen and oxygen atoms in total. The number of fused-ring (bicyclic) bond motifs is 1. The van der Waals surface area contributed by atoms with E-state index in [1.807, 2.05) is 0 Å². The van der Waals surface area contributed by atoms with Crippen molar-refractivity contribution in [3.63, 3.8) is 0 Å². The lowest BCUT2D eigenvalue weighted by Crippen LogP contribution is -2.27. The first-order valence-electron chi connectivity index (χ1n) is 7.37. The van der Waals surface area contributed by atoms with Gasteiger partial charge in [-0.2, -0.15) is 0 Å². The van der Waals surface area contributed by atoms with Crippen molar-refractivity contribution in [2.75, 3.05) is 0 Å². The standard InChI is InChI=1S/C15H24/c1-2-6-15(5-1)7-3-4-13(15)9-11-8-12-10-14(11)12/h11-14H,1-10H2. The Morgan fingerprint density at radius 3 is 2.40 bits per heavy atom. The van der Waals surface area contributed by atoms with Crippen LogP contribution in [-0.4, -0.2) is 0 Å². The maximum Gasteiger partial charge on any atom is -0.0269 e. The molecule has 4 saturated carbocycles. The van der Waals surface area contributed by atoms with Crippen LogP contribution >= 0.6 is 0 Å². The molecule has 0 heterocycles. The Hall–Kier alpha value is 0. The van der Waals surface area contributed by atoms with Crippen molar-refractivity contribution in [3.05, 3.63) is 0 Å². The summed E-state index contributed by atoms with van der Waals surface area (Å²) >= 11 is 0. The molecule has 4 atom stereocenters. The normalized spacial score (nSPS) is 50.4. The van der Waals surface area contributed by atoms with E-state index in [2.05, 4.69) is 0 Å². The third-order valence-corrected chi connectivity index (χ3v) is 6.47. The fourth-order valence-corrected chi connectivity index (χ4v) is 5.44. The highest BCUT2D eigenvalue weighted by Crippen LogP contribution is 2.64. The van der Waals surface area contributed by atoms with Crippen LogP contribution in [0.25, 0.3) is 0 Å². The fraction of sp³-hybridized carbons (Fsp3) is 1.00. The van der Waals surface area contributed by atoms with Crippen LogP contribution in [0.3, 0.4) is 0 Å². The minimum Gasteiger partial charge on any atom is -0.0527 e. The van der Waals surface area contributed by atoms with Gasteiger partial charge in [-0.3, -0.25) is 0 Å². The monoisotopic (exact) mass is 204 g/mol. The molecule has 0 aliphatic heterocycles. The highest BCUT2D eigenvalue weighted by Gasteiger charge is 2.55. The van der Waals surface area contributed by atoms with Gasteiger partial charge in [0.15, 0.2) is 0 Å². The molecule has 0 bridgehead atoms. The molecule has 4 unspecified atom stereocenters. The van der Waals surface area contributed by atoms with Crippen LogP contribution in [0.5, 0.6) is 0 Å².